The van der Waals surface area contributed by atoms with Crippen LogP contribution in [0.15, 0.2) is 146 Å². The summed E-state index contributed by atoms with van der Waals surface area (Å²) in [6.07, 6.45) is -21.4. The zero-order valence-electron chi connectivity index (χ0n) is 58.8. The lowest BCUT2D eigenvalue weighted by Gasteiger charge is -2.23. The van der Waals surface area contributed by atoms with Gasteiger partial charge in [-0.05, 0) is 79.7 Å². The fraction of sp³-hybridized carbons (Fsp3) is 0.344. The molecule has 2 unspecified atom stereocenters. The first-order valence-electron chi connectivity index (χ1n) is 31.5. The highest BCUT2D eigenvalue weighted by Crippen LogP contribution is 2.41. The Kier molecular flexibility index (Phi) is 23.6. The standard InChI is InChI=1S/C17H17F5N2O4.C15H12F5N3O2.C15H13F5N2O3.C14H11F5N2O2/c1-2-27-15(26)14(25)17(21,22)12-5-3-4-6-13(12)28-9-11-7-8-23-24(11)10-16(18,19)20;16-14(17,18)9-23-10(5-6-22-23)8-25-12-4-2-1-3-11(12)15(19,20)13(24)7-21;1-24-13(23)15(19,20)11-4-2-3-5-12(11)25-8-10-6-7-21-22(10)9-14(16,17)18;15-13(16,9-22)11-3-1-2-4-12(11)23-7-10-5-6-20-21(10)8-14(17,18)19/h3-8,14,25H,2,9-10H2,1H3;1-6,13,24H,8-9H2;2-7H,8-9H2,1H3;1-6,9H,7-8H2/i9D2;2*8D2;7D2. The van der Waals surface area contributed by atoms with E-state index in [1.54, 1.807) is 0 Å². The second-order valence-electron chi connectivity index (χ2n) is 19.5. The summed E-state index contributed by atoms with van der Waals surface area (Å²) >= 11 is 0. The molecule has 2 atom stereocenters. The molecule has 0 bridgehead atoms. The maximum Gasteiger partial charge on any atom is 0.408 e. The summed E-state index contributed by atoms with van der Waals surface area (Å²) in [6, 6.07) is 21.2. The Morgan fingerprint density at radius 1 is 0.485 bits per heavy atom. The number of aliphatic hydroxyl groups excluding tert-OH is 2. The number of nitrogens with zero attached hydrogens (tertiary/aromatic N) is 9. The molecule has 20 nitrogen and oxygen atoms in total. The smallest absolute Gasteiger partial charge is 0.408 e. The van der Waals surface area contributed by atoms with Crippen LogP contribution in [-0.4, -0.2) is 118 Å². The molecule has 101 heavy (non-hydrogen) atoms. The van der Waals surface area contributed by atoms with Gasteiger partial charge in [0.15, 0.2) is 6.29 Å². The number of hydrogen-bond acceptors (Lipinski definition) is 16. The molecule has 0 aliphatic heterocycles. The number of nitriles is 1. The Balaban J connectivity index is 0.000000261. The maximum atomic E-state index is 14.7. The second-order valence-corrected chi connectivity index (χ2v) is 19.5. The first-order valence-corrected chi connectivity index (χ1v) is 27.5. The van der Waals surface area contributed by atoms with Crippen molar-refractivity contribution in [3.63, 3.8) is 0 Å². The molecule has 8 aromatic rings. The lowest BCUT2D eigenvalue weighted by atomic mass is 10.0. The van der Waals surface area contributed by atoms with Gasteiger partial charge in [-0.3, -0.25) is 23.5 Å². The molecule has 4 aromatic heterocycles. The van der Waals surface area contributed by atoms with Gasteiger partial charge in [-0.2, -0.15) is 113 Å². The average molecular weight is 1480 g/mol. The van der Waals surface area contributed by atoms with Crippen LogP contribution in [0, 0.1) is 11.3 Å². The summed E-state index contributed by atoms with van der Waals surface area (Å²) in [5.41, 5.74) is -6.55. The predicted octanol–water partition coefficient (Wildman–Crippen LogP) is 12.6. The monoisotopic (exact) mass is 1480 g/mol. The number of aliphatic hydroxyl groups is 2. The molecule has 4 heterocycles. The summed E-state index contributed by atoms with van der Waals surface area (Å²) in [4.78, 5) is 33.4. The van der Waals surface area contributed by atoms with Gasteiger partial charge in [0, 0.05) is 24.8 Å². The van der Waals surface area contributed by atoms with Crippen molar-refractivity contribution < 1.29 is 152 Å². The van der Waals surface area contributed by atoms with Crippen LogP contribution in [0.5, 0.6) is 23.0 Å². The van der Waals surface area contributed by atoms with Crippen LogP contribution in [0.2, 0.25) is 0 Å². The summed E-state index contributed by atoms with van der Waals surface area (Å²) in [5, 5.41) is 40.9. The van der Waals surface area contributed by atoms with Gasteiger partial charge in [0.1, 0.15) is 81.5 Å². The molecule has 4 aromatic carbocycles. The minimum atomic E-state index is -4.72. The molecule has 0 fully saturated rings. The average Bonchev–Trinajstić information content (AvgIpc) is 1.78. The van der Waals surface area contributed by atoms with Crippen LogP contribution in [0.1, 0.15) is 62.9 Å². The maximum absolute atomic E-state index is 14.7. The van der Waals surface area contributed by atoms with E-state index in [1.807, 2.05) is 0 Å². The summed E-state index contributed by atoms with van der Waals surface area (Å²) in [7, 11) is 0.745. The number of aromatic nitrogens is 8. The molecular formula is C61H53F20N9O11. The van der Waals surface area contributed by atoms with Gasteiger partial charge in [-0.25, -0.2) is 9.59 Å². The Labute approximate surface area is 567 Å². The van der Waals surface area contributed by atoms with Crippen molar-refractivity contribution in [3.8, 4) is 29.1 Å². The van der Waals surface area contributed by atoms with Crippen molar-refractivity contribution in [2.75, 3.05) is 13.7 Å². The van der Waals surface area contributed by atoms with Crippen molar-refractivity contribution in [3.05, 3.63) is 191 Å². The van der Waals surface area contributed by atoms with Gasteiger partial charge in [-0.1, -0.05) is 48.5 Å². The molecule has 0 spiro atoms. The van der Waals surface area contributed by atoms with Crippen LogP contribution in [0.4, 0.5) is 87.8 Å². The van der Waals surface area contributed by atoms with Crippen LogP contribution in [0.3, 0.4) is 0 Å². The van der Waals surface area contributed by atoms with E-state index in [1.165, 1.54) is 37.3 Å². The van der Waals surface area contributed by atoms with E-state index >= 15 is 0 Å². The SMILES string of the molecule is [2H]C([2H])(Oc1ccccc1C(F)(F)C(=O)OC)c1ccnn1CC(F)(F)F.[2H]C([2H])(Oc1ccccc1C(F)(F)C(O)C#N)c1ccnn1CC(F)(F)F.[2H]C([2H])(Oc1ccccc1C(F)(F)C(O)C(=O)OCC)c1ccnn1CC(F)(F)F.[2H]C([2H])(Oc1ccccc1C(F)(F)C=O)c1ccnn1CC(F)(F)F. The van der Waals surface area contributed by atoms with E-state index in [2.05, 4.69) is 29.9 Å². The summed E-state index contributed by atoms with van der Waals surface area (Å²) in [6.45, 7) is -17.2. The number of esters is 2. The van der Waals surface area contributed by atoms with Crippen molar-refractivity contribution in [1.29, 1.82) is 5.26 Å². The van der Waals surface area contributed by atoms with E-state index in [0.717, 1.165) is 129 Å². The first kappa shape index (κ1) is 69.0. The number of ether oxygens (including phenoxy) is 6. The topological polar surface area (TPSA) is 242 Å². The normalized spacial score (nSPS) is 14.5. The van der Waals surface area contributed by atoms with Gasteiger partial charge in [0.2, 0.25) is 12.2 Å². The largest absolute Gasteiger partial charge is 0.487 e. The lowest BCUT2D eigenvalue weighted by molar-refractivity contribution is -0.179. The second kappa shape index (κ2) is 34.5. The highest BCUT2D eigenvalue weighted by molar-refractivity contribution is 5.80. The van der Waals surface area contributed by atoms with Crippen molar-refractivity contribution in [2.24, 2.45) is 0 Å². The van der Waals surface area contributed by atoms with Crippen molar-refractivity contribution in [2.45, 2.75) is 120 Å². The molecule has 40 heteroatoms. The zero-order chi connectivity index (χ0) is 82.5. The van der Waals surface area contributed by atoms with Crippen LogP contribution in [-0.2, 0) is 100.0 Å². The number of methoxy groups -OCH3 is 1. The third-order valence-corrected chi connectivity index (χ3v) is 12.1. The number of para-hydroxylation sites is 4. The number of alkyl halides is 20. The van der Waals surface area contributed by atoms with Gasteiger partial charge >= 0.3 is 60.3 Å². The number of rotatable bonds is 26. The molecule has 0 radical (unpaired) electrons. The van der Waals surface area contributed by atoms with Gasteiger partial charge in [-0.15, -0.1) is 0 Å². The van der Waals surface area contributed by atoms with Gasteiger partial charge in [0.05, 0.1) is 69.7 Å². The Morgan fingerprint density at radius 3 is 1.07 bits per heavy atom. The van der Waals surface area contributed by atoms with Gasteiger partial charge < -0.3 is 38.6 Å². The van der Waals surface area contributed by atoms with Crippen LogP contribution in [0.25, 0.3) is 0 Å². The molecule has 8 rings (SSSR count). The van der Waals surface area contributed by atoms with Crippen molar-refractivity contribution >= 4 is 18.2 Å². The quantitative estimate of drug-likeness (QED) is 0.0222. The highest BCUT2D eigenvalue weighted by Gasteiger charge is 2.49. The minimum Gasteiger partial charge on any atom is -0.487 e. The Bertz CT molecular complexity index is 4420. The minimum absolute atomic E-state index is 0.268. The van der Waals surface area contributed by atoms with Crippen LogP contribution >= 0.6 is 0 Å². The predicted molar refractivity (Wildman–Crippen MR) is 304 cm³/mol. The van der Waals surface area contributed by atoms with E-state index in [-0.39, 0.29) is 11.3 Å². The number of benzene rings is 4. The highest BCUT2D eigenvalue weighted by atomic mass is 19.4. The third kappa shape index (κ3) is 23.9. The summed E-state index contributed by atoms with van der Waals surface area (Å²) in [5.74, 6) is -22.9. The van der Waals surface area contributed by atoms with E-state index in [4.69, 9.17) is 35.2 Å². The number of hydrogen-bond donors (Lipinski definition) is 2. The molecule has 0 aliphatic rings. The zero-order valence-corrected chi connectivity index (χ0v) is 50.8. The lowest BCUT2D eigenvalue weighted by Crippen LogP contribution is -2.39. The molecular weight excluding hydrogens is 1410 g/mol. The number of carbonyl (C=O) groups excluding carboxylic acids is 3. The fourth-order valence-corrected chi connectivity index (χ4v) is 7.64. The van der Waals surface area contributed by atoms with Gasteiger partial charge in [0.25, 0.3) is 0 Å². The number of aldehydes is 1. The Hall–Kier alpha value is -10.5. The molecule has 0 saturated carbocycles. The van der Waals surface area contributed by atoms with Crippen molar-refractivity contribution in [1.82, 2.24) is 39.1 Å². The molecule has 2 N–H and O–H groups in total. The number of carbonyl (C=O) groups is 3. The van der Waals surface area contributed by atoms with E-state index in [9.17, 15) is 112 Å². The molecule has 0 amide bonds. The van der Waals surface area contributed by atoms with Crippen LogP contribution < -0.4 is 18.9 Å². The molecule has 0 saturated heterocycles. The first-order chi connectivity index (χ1) is 50.0. The fourth-order valence-electron chi connectivity index (χ4n) is 7.64. The molecule has 548 valence electrons. The summed E-state index contributed by atoms with van der Waals surface area (Å²) < 4.78 is 357. The van der Waals surface area contributed by atoms with E-state index in [0.29, 0.717) is 14.0 Å². The van der Waals surface area contributed by atoms with E-state index < -0.39 is 199 Å². The molecule has 0 aliphatic carbocycles. The number of halogens is 20. The third-order valence-electron chi connectivity index (χ3n) is 12.1. The Morgan fingerprint density at radius 2 is 0.772 bits per heavy atom.